The van der Waals surface area contributed by atoms with Crippen LogP contribution < -0.4 is 14.8 Å². The normalized spacial score (nSPS) is 12.4. The zero-order valence-electron chi connectivity index (χ0n) is 10.9. The van der Waals surface area contributed by atoms with Crippen LogP contribution in [0.25, 0.3) is 0 Å². The van der Waals surface area contributed by atoms with Crippen LogP contribution in [0.4, 0.5) is 0 Å². The highest BCUT2D eigenvalue weighted by Gasteiger charge is 2.24. The second-order valence-electron chi connectivity index (χ2n) is 3.80. The van der Waals surface area contributed by atoms with Crippen molar-refractivity contribution in [2.45, 2.75) is 6.04 Å². The van der Waals surface area contributed by atoms with Crippen molar-refractivity contribution < 1.29 is 9.47 Å². The van der Waals surface area contributed by atoms with Gasteiger partial charge in [-0.1, -0.05) is 0 Å². The van der Waals surface area contributed by atoms with Crippen LogP contribution in [0.3, 0.4) is 0 Å². The van der Waals surface area contributed by atoms with Crippen LogP contribution >= 0.6 is 11.3 Å². The standard InChI is InChI=1S/C12H17N3O2S/c1-13-10(12-8(16-3)5-6-18-12)11-9(17-4)7-14-15(11)2/h5-7,10,13H,1-4H3. The molecule has 18 heavy (non-hydrogen) atoms. The molecule has 6 heteroatoms. The van der Waals surface area contributed by atoms with Crippen LogP contribution in [0, 0.1) is 0 Å². The third-order valence-corrected chi connectivity index (χ3v) is 3.83. The molecule has 1 atom stereocenters. The van der Waals surface area contributed by atoms with Gasteiger partial charge in [0.2, 0.25) is 0 Å². The van der Waals surface area contributed by atoms with E-state index in [1.54, 1.807) is 31.8 Å². The summed E-state index contributed by atoms with van der Waals surface area (Å²) < 4.78 is 12.6. The van der Waals surface area contributed by atoms with Crippen LogP contribution in [0.15, 0.2) is 17.6 Å². The molecule has 2 heterocycles. The SMILES string of the molecule is CNC(c1sccc1OC)c1c(OC)cnn1C. The molecule has 2 aromatic heterocycles. The minimum absolute atomic E-state index is 0.00222. The molecule has 0 fully saturated rings. The van der Waals surface area contributed by atoms with Crippen LogP contribution in [0.2, 0.25) is 0 Å². The molecule has 0 amide bonds. The van der Waals surface area contributed by atoms with Gasteiger partial charge in [-0.15, -0.1) is 11.3 Å². The molecule has 0 radical (unpaired) electrons. The fraction of sp³-hybridized carbons (Fsp3) is 0.417. The fourth-order valence-corrected chi connectivity index (χ4v) is 2.96. The quantitative estimate of drug-likeness (QED) is 0.897. The maximum Gasteiger partial charge on any atom is 0.161 e. The number of hydrogen-bond acceptors (Lipinski definition) is 5. The molecule has 0 saturated carbocycles. The predicted molar refractivity (Wildman–Crippen MR) is 71.5 cm³/mol. The molecule has 0 saturated heterocycles. The molecule has 0 aromatic carbocycles. The van der Waals surface area contributed by atoms with Gasteiger partial charge in [0.1, 0.15) is 11.4 Å². The maximum absolute atomic E-state index is 5.38. The van der Waals surface area contributed by atoms with E-state index in [0.29, 0.717) is 0 Å². The summed E-state index contributed by atoms with van der Waals surface area (Å²) in [5, 5.41) is 9.54. The van der Waals surface area contributed by atoms with E-state index in [1.165, 1.54) is 0 Å². The summed E-state index contributed by atoms with van der Waals surface area (Å²) in [5.74, 6) is 1.65. The number of aromatic nitrogens is 2. The van der Waals surface area contributed by atoms with Crippen molar-refractivity contribution in [3.63, 3.8) is 0 Å². The van der Waals surface area contributed by atoms with Crippen LogP contribution in [0.5, 0.6) is 11.5 Å². The second-order valence-corrected chi connectivity index (χ2v) is 4.74. The molecule has 2 aromatic rings. The van der Waals surface area contributed by atoms with Gasteiger partial charge >= 0.3 is 0 Å². The van der Waals surface area contributed by atoms with Crippen molar-refractivity contribution >= 4 is 11.3 Å². The highest BCUT2D eigenvalue weighted by molar-refractivity contribution is 7.10. The lowest BCUT2D eigenvalue weighted by molar-refractivity contribution is 0.395. The van der Waals surface area contributed by atoms with Gasteiger partial charge in [0.25, 0.3) is 0 Å². The van der Waals surface area contributed by atoms with Crippen molar-refractivity contribution in [3.8, 4) is 11.5 Å². The first-order valence-corrected chi connectivity index (χ1v) is 6.45. The largest absolute Gasteiger partial charge is 0.496 e. The Labute approximate surface area is 110 Å². The van der Waals surface area contributed by atoms with E-state index < -0.39 is 0 Å². The van der Waals surface area contributed by atoms with E-state index in [1.807, 2.05) is 30.2 Å². The van der Waals surface area contributed by atoms with E-state index >= 15 is 0 Å². The van der Waals surface area contributed by atoms with Crippen molar-refractivity contribution in [3.05, 3.63) is 28.2 Å². The van der Waals surface area contributed by atoms with Crippen molar-refractivity contribution in [1.82, 2.24) is 15.1 Å². The Morgan fingerprint density at radius 2 is 2.06 bits per heavy atom. The van der Waals surface area contributed by atoms with Crippen molar-refractivity contribution in [2.24, 2.45) is 7.05 Å². The second kappa shape index (κ2) is 5.41. The average Bonchev–Trinajstić information content (AvgIpc) is 2.98. The van der Waals surface area contributed by atoms with Gasteiger partial charge in [-0.05, 0) is 18.5 Å². The molecule has 0 aliphatic carbocycles. The minimum Gasteiger partial charge on any atom is -0.496 e. The van der Waals surface area contributed by atoms with E-state index in [-0.39, 0.29) is 6.04 Å². The Balaban J connectivity index is 2.48. The Morgan fingerprint density at radius 3 is 2.67 bits per heavy atom. The van der Waals surface area contributed by atoms with Crippen molar-refractivity contribution in [1.29, 1.82) is 0 Å². The Bertz CT molecular complexity index is 521. The first-order chi connectivity index (χ1) is 8.72. The molecule has 0 bridgehead atoms. The van der Waals surface area contributed by atoms with Crippen molar-refractivity contribution in [2.75, 3.05) is 21.3 Å². The number of aryl methyl sites for hydroxylation is 1. The minimum atomic E-state index is 0.00222. The van der Waals surface area contributed by atoms with E-state index in [0.717, 1.165) is 22.1 Å². The maximum atomic E-state index is 5.38. The summed E-state index contributed by atoms with van der Waals surface area (Å²) in [6.45, 7) is 0. The lowest BCUT2D eigenvalue weighted by Crippen LogP contribution is -2.20. The molecule has 98 valence electrons. The zero-order valence-corrected chi connectivity index (χ0v) is 11.7. The smallest absolute Gasteiger partial charge is 0.161 e. The van der Waals surface area contributed by atoms with E-state index in [9.17, 15) is 0 Å². The highest BCUT2D eigenvalue weighted by Crippen LogP contribution is 2.37. The summed E-state index contributed by atoms with van der Waals surface area (Å²) >= 11 is 1.65. The monoisotopic (exact) mass is 267 g/mol. The topological polar surface area (TPSA) is 48.3 Å². The number of ether oxygens (including phenoxy) is 2. The summed E-state index contributed by atoms with van der Waals surface area (Å²) in [6, 6.07) is 1.97. The summed E-state index contributed by atoms with van der Waals surface area (Å²) in [5.41, 5.74) is 0.987. The summed E-state index contributed by atoms with van der Waals surface area (Å²) in [6.07, 6.45) is 1.72. The first-order valence-electron chi connectivity index (χ1n) is 5.57. The average molecular weight is 267 g/mol. The van der Waals surface area contributed by atoms with Crippen LogP contribution in [-0.2, 0) is 7.05 Å². The number of nitrogens with one attached hydrogen (secondary N) is 1. The molecule has 2 rings (SSSR count). The molecular weight excluding hydrogens is 250 g/mol. The predicted octanol–water partition coefficient (Wildman–Crippen LogP) is 1.81. The number of rotatable bonds is 5. The molecule has 0 aliphatic heterocycles. The molecule has 0 aliphatic rings. The van der Waals surface area contributed by atoms with Gasteiger partial charge in [-0.2, -0.15) is 5.10 Å². The third-order valence-electron chi connectivity index (χ3n) is 2.87. The van der Waals surface area contributed by atoms with Gasteiger partial charge < -0.3 is 14.8 Å². The number of nitrogens with zero attached hydrogens (tertiary/aromatic N) is 2. The Morgan fingerprint density at radius 1 is 1.33 bits per heavy atom. The lowest BCUT2D eigenvalue weighted by Gasteiger charge is -2.18. The van der Waals surface area contributed by atoms with Gasteiger partial charge in [0, 0.05) is 7.05 Å². The third kappa shape index (κ3) is 2.09. The fourth-order valence-electron chi connectivity index (χ4n) is 1.99. The lowest BCUT2D eigenvalue weighted by atomic mass is 10.1. The van der Waals surface area contributed by atoms with Gasteiger partial charge in [-0.25, -0.2) is 0 Å². The highest BCUT2D eigenvalue weighted by atomic mass is 32.1. The molecule has 1 unspecified atom stereocenters. The van der Waals surface area contributed by atoms with Gasteiger partial charge in [0.15, 0.2) is 5.75 Å². The van der Waals surface area contributed by atoms with E-state index in [2.05, 4.69) is 10.4 Å². The number of hydrogen-bond donors (Lipinski definition) is 1. The zero-order chi connectivity index (χ0) is 13.1. The van der Waals surface area contributed by atoms with E-state index in [4.69, 9.17) is 9.47 Å². The first kappa shape index (κ1) is 12.9. The molecule has 1 N–H and O–H groups in total. The van der Waals surface area contributed by atoms with Crippen LogP contribution in [0.1, 0.15) is 16.6 Å². The summed E-state index contributed by atoms with van der Waals surface area (Å²) in [7, 11) is 7.15. The summed E-state index contributed by atoms with van der Waals surface area (Å²) in [4.78, 5) is 1.11. The van der Waals surface area contributed by atoms with Gasteiger partial charge in [0.05, 0.1) is 31.3 Å². The number of thiophene rings is 1. The molecule has 0 spiro atoms. The van der Waals surface area contributed by atoms with Crippen LogP contribution in [-0.4, -0.2) is 31.0 Å². The Kier molecular flexibility index (Phi) is 3.88. The Hall–Kier alpha value is -1.53. The van der Waals surface area contributed by atoms with Gasteiger partial charge in [-0.3, -0.25) is 4.68 Å². The molecule has 5 nitrogen and oxygen atoms in total. The molecular formula is C12H17N3O2S. The number of methoxy groups -OCH3 is 2.